The predicted octanol–water partition coefficient (Wildman–Crippen LogP) is 4.28. The van der Waals surface area contributed by atoms with E-state index in [0.717, 1.165) is 4.57 Å². The molecule has 1 aromatic heterocycles. The Morgan fingerprint density at radius 2 is 1.90 bits per heavy atom. The number of rotatable bonds is 7. The Bertz CT molecular complexity index is 998. The highest BCUT2D eigenvalue weighted by molar-refractivity contribution is 6.30. The van der Waals surface area contributed by atoms with Crippen LogP contribution in [-0.4, -0.2) is 32.4 Å². The minimum Gasteiger partial charge on any atom is -0.459 e. The molecule has 0 fully saturated rings. The second kappa shape index (κ2) is 9.82. The summed E-state index contributed by atoms with van der Waals surface area (Å²) in [5.41, 5.74) is -0.398. The molecule has 170 valence electrons. The van der Waals surface area contributed by atoms with Crippen molar-refractivity contribution in [2.45, 2.75) is 65.0 Å². The van der Waals surface area contributed by atoms with Gasteiger partial charge in [0, 0.05) is 29.5 Å². The molecule has 0 saturated carbocycles. The van der Waals surface area contributed by atoms with Gasteiger partial charge in [0.15, 0.2) is 0 Å². The molecule has 1 N–H and O–H groups in total. The van der Waals surface area contributed by atoms with E-state index in [2.05, 4.69) is 4.98 Å². The quantitative estimate of drug-likeness (QED) is 0.623. The van der Waals surface area contributed by atoms with E-state index in [0.29, 0.717) is 16.1 Å². The van der Waals surface area contributed by atoms with Crippen LogP contribution in [0.5, 0.6) is 0 Å². The largest absolute Gasteiger partial charge is 0.459 e. The van der Waals surface area contributed by atoms with Crippen LogP contribution in [0.25, 0.3) is 11.3 Å². The van der Waals surface area contributed by atoms with Gasteiger partial charge in [0.05, 0.1) is 12.3 Å². The summed E-state index contributed by atoms with van der Waals surface area (Å²) >= 11 is 5.94. The molecule has 6 nitrogen and oxygen atoms in total. The maximum absolute atomic E-state index is 12.8. The van der Waals surface area contributed by atoms with Gasteiger partial charge in [0.2, 0.25) is 0 Å². The summed E-state index contributed by atoms with van der Waals surface area (Å²) in [6.07, 6.45) is -5.88. The van der Waals surface area contributed by atoms with Crippen molar-refractivity contribution in [1.29, 1.82) is 0 Å². The van der Waals surface area contributed by atoms with Gasteiger partial charge < -0.3 is 9.84 Å². The lowest BCUT2D eigenvalue weighted by Gasteiger charge is -2.21. The molecule has 0 bridgehead atoms. The van der Waals surface area contributed by atoms with Gasteiger partial charge in [-0.1, -0.05) is 17.7 Å². The second-order valence-corrected chi connectivity index (χ2v) is 8.43. The third-order valence-corrected chi connectivity index (χ3v) is 4.40. The first-order valence-corrected chi connectivity index (χ1v) is 9.96. The highest BCUT2D eigenvalue weighted by atomic mass is 35.5. The number of benzene rings is 1. The number of aromatic nitrogens is 2. The van der Waals surface area contributed by atoms with Crippen molar-refractivity contribution in [2.24, 2.45) is 0 Å². The number of hydrogen-bond donors (Lipinski definition) is 1. The molecule has 0 unspecified atom stereocenters. The van der Waals surface area contributed by atoms with E-state index in [1.54, 1.807) is 32.9 Å². The number of carbonyl (C=O) groups is 1. The topological polar surface area (TPSA) is 81.4 Å². The summed E-state index contributed by atoms with van der Waals surface area (Å²) in [5, 5.41) is 9.97. The minimum absolute atomic E-state index is 0.0245. The van der Waals surface area contributed by atoms with Gasteiger partial charge in [-0.3, -0.25) is 14.2 Å². The molecule has 1 heterocycles. The molecule has 0 spiro atoms. The SMILES string of the molecule is CC(C)(C)OC(=O)Cn1c(CCCC(F)(F)F)nc(-c2ccc(Cl)cc2CO)cc1=O. The molecule has 0 amide bonds. The first-order valence-electron chi connectivity index (χ1n) is 9.58. The predicted molar refractivity (Wildman–Crippen MR) is 110 cm³/mol. The van der Waals surface area contributed by atoms with E-state index in [1.807, 2.05) is 0 Å². The Kier molecular flexibility index (Phi) is 7.88. The Labute approximate surface area is 182 Å². The molecular formula is C21H24ClF3N2O4. The third-order valence-electron chi connectivity index (χ3n) is 4.17. The summed E-state index contributed by atoms with van der Waals surface area (Å²) < 4.78 is 44.1. The van der Waals surface area contributed by atoms with Crippen LogP contribution in [0, 0.1) is 0 Å². The fourth-order valence-electron chi connectivity index (χ4n) is 2.94. The third kappa shape index (κ3) is 7.66. The van der Waals surface area contributed by atoms with Gasteiger partial charge in [-0.25, -0.2) is 4.98 Å². The van der Waals surface area contributed by atoms with Gasteiger partial charge in [-0.15, -0.1) is 0 Å². The molecule has 0 atom stereocenters. The van der Waals surface area contributed by atoms with Gasteiger partial charge >= 0.3 is 12.1 Å². The Morgan fingerprint density at radius 3 is 2.48 bits per heavy atom. The van der Waals surface area contributed by atoms with E-state index < -0.39 is 36.3 Å². The van der Waals surface area contributed by atoms with Crippen molar-refractivity contribution in [3.8, 4) is 11.3 Å². The average Bonchev–Trinajstić information content (AvgIpc) is 2.61. The molecule has 0 aliphatic heterocycles. The number of ether oxygens (including phenoxy) is 1. The standard InChI is InChI=1S/C21H24ClF3N2O4/c1-20(2,3)31-19(30)11-27-17(5-4-8-21(23,24)25)26-16(10-18(27)29)15-7-6-14(22)9-13(15)12-28/h6-7,9-10,28H,4-5,8,11-12H2,1-3H3. The Morgan fingerprint density at radius 1 is 1.23 bits per heavy atom. The highest BCUT2D eigenvalue weighted by Crippen LogP contribution is 2.26. The number of alkyl halides is 3. The molecule has 10 heteroatoms. The van der Waals surface area contributed by atoms with E-state index in [9.17, 15) is 27.9 Å². The van der Waals surface area contributed by atoms with E-state index in [4.69, 9.17) is 16.3 Å². The highest BCUT2D eigenvalue weighted by Gasteiger charge is 2.27. The molecule has 2 aromatic rings. The Balaban J connectivity index is 2.47. The van der Waals surface area contributed by atoms with Crippen molar-refractivity contribution >= 4 is 17.6 Å². The number of aliphatic hydroxyl groups is 1. The van der Waals surface area contributed by atoms with Crippen LogP contribution < -0.4 is 5.56 Å². The zero-order valence-electron chi connectivity index (χ0n) is 17.4. The summed E-state index contributed by atoms with van der Waals surface area (Å²) in [6.45, 7) is 4.14. The van der Waals surface area contributed by atoms with Crippen LogP contribution in [0.1, 0.15) is 45.0 Å². The smallest absolute Gasteiger partial charge is 0.389 e. The Hall–Kier alpha value is -2.39. The summed E-state index contributed by atoms with van der Waals surface area (Å²) in [5.74, 6) is -0.680. The first kappa shape index (κ1) is 24.9. The maximum Gasteiger partial charge on any atom is 0.389 e. The summed E-state index contributed by atoms with van der Waals surface area (Å²) in [6, 6.07) is 5.79. The van der Waals surface area contributed by atoms with Crippen LogP contribution >= 0.6 is 11.6 Å². The molecule has 0 saturated heterocycles. The van der Waals surface area contributed by atoms with E-state index >= 15 is 0 Å². The lowest BCUT2D eigenvalue weighted by atomic mass is 10.0. The zero-order valence-corrected chi connectivity index (χ0v) is 18.2. The average molecular weight is 461 g/mol. The number of halogens is 4. The fraction of sp³-hybridized carbons (Fsp3) is 0.476. The van der Waals surface area contributed by atoms with E-state index in [1.165, 1.54) is 12.1 Å². The minimum atomic E-state index is -4.35. The molecular weight excluding hydrogens is 437 g/mol. The number of nitrogens with zero attached hydrogens (tertiary/aromatic N) is 2. The van der Waals surface area contributed by atoms with Gasteiger partial charge in [-0.2, -0.15) is 13.2 Å². The first-order chi connectivity index (χ1) is 14.3. The lowest BCUT2D eigenvalue weighted by Crippen LogP contribution is -2.32. The van der Waals surface area contributed by atoms with Crippen LogP contribution in [0.2, 0.25) is 5.02 Å². The zero-order chi connectivity index (χ0) is 23.4. The summed E-state index contributed by atoms with van der Waals surface area (Å²) in [4.78, 5) is 29.3. The lowest BCUT2D eigenvalue weighted by molar-refractivity contribution is -0.155. The van der Waals surface area contributed by atoms with E-state index in [-0.39, 0.29) is 31.0 Å². The molecule has 0 radical (unpaired) electrons. The molecule has 0 aliphatic rings. The number of carbonyl (C=O) groups excluding carboxylic acids is 1. The number of hydrogen-bond acceptors (Lipinski definition) is 5. The van der Waals surface area contributed by atoms with Crippen molar-refractivity contribution in [3.05, 3.63) is 51.0 Å². The molecule has 0 aliphatic carbocycles. The van der Waals surface area contributed by atoms with Crippen LogP contribution in [0.15, 0.2) is 29.1 Å². The van der Waals surface area contributed by atoms with Gasteiger partial charge in [0.25, 0.3) is 5.56 Å². The van der Waals surface area contributed by atoms with Crippen LogP contribution in [0.3, 0.4) is 0 Å². The molecule has 1 aromatic carbocycles. The number of aryl methyl sites for hydroxylation is 1. The fourth-order valence-corrected chi connectivity index (χ4v) is 3.14. The summed E-state index contributed by atoms with van der Waals surface area (Å²) in [7, 11) is 0. The monoisotopic (exact) mass is 460 g/mol. The normalized spacial score (nSPS) is 12.1. The molecule has 31 heavy (non-hydrogen) atoms. The second-order valence-electron chi connectivity index (χ2n) is 8.00. The van der Waals surface area contributed by atoms with Crippen LogP contribution in [0.4, 0.5) is 13.2 Å². The number of aliphatic hydroxyl groups excluding tert-OH is 1. The maximum atomic E-state index is 12.8. The molecule has 2 rings (SSSR count). The van der Waals surface area contributed by atoms with Crippen LogP contribution in [-0.2, 0) is 29.1 Å². The van der Waals surface area contributed by atoms with Gasteiger partial charge in [0.1, 0.15) is 18.0 Å². The van der Waals surface area contributed by atoms with Crippen molar-refractivity contribution < 1.29 is 27.8 Å². The van der Waals surface area contributed by atoms with Gasteiger partial charge in [-0.05, 0) is 44.9 Å². The van der Waals surface area contributed by atoms with Crippen molar-refractivity contribution in [1.82, 2.24) is 9.55 Å². The number of esters is 1. The van der Waals surface area contributed by atoms with Crippen molar-refractivity contribution in [3.63, 3.8) is 0 Å². The van der Waals surface area contributed by atoms with Crippen molar-refractivity contribution in [2.75, 3.05) is 0 Å².